The molecule has 0 aromatic heterocycles. The molecule has 0 saturated carbocycles. The third-order valence-electron chi connectivity index (χ3n) is 2.83. The van der Waals surface area contributed by atoms with Gasteiger partial charge < -0.3 is 4.90 Å². The first-order valence-electron chi connectivity index (χ1n) is 5.42. The summed E-state index contributed by atoms with van der Waals surface area (Å²) in [5, 5.41) is 1.29. The molecule has 0 spiro atoms. The van der Waals surface area contributed by atoms with Gasteiger partial charge in [-0.05, 0) is 30.2 Å². The van der Waals surface area contributed by atoms with Crippen LogP contribution in [0.1, 0.15) is 12.0 Å². The Morgan fingerprint density at radius 3 is 2.76 bits per heavy atom. The Kier molecular flexibility index (Phi) is 4.18. The molecular weight excluding hydrogens is 280 g/mol. The van der Waals surface area contributed by atoms with Gasteiger partial charge in [-0.25, -0.2) is 0 Å². The molecule has 5 heteroatoms. The summed E-state index contributed by atoms with van der Waals surface area (Å²) in [5.74, 6) is 0.114. The zero-order chi connectivity index (χ0) is 12.4. The van der Waals surface area contributed by atoms with E-state index in [1.165, 1.54) is 0 Å². The van der Waals surface area contributed by atoms with Crippen LogP contribution in [0.4, 0.5) is 0 Å². The number of halogens is 3. The molecule has 0 N–H and O–H groups in total. The van der Waals surface area contributed by atoms with Crippen LogP contribution >= 0.6 is 34.8 Å². The molecule has 2 nitrogen and oxygen atoms in total. The SMILES string of the molecule is O=C1CC(Cl)CN1CCc1cc(Cl)ccc1Cl. The Morgan fingerprint density at radius 2 is 2.12 bits per heavy atom. The van der Waals surface area contributed by atoms with Crippen molar-refractivity contribution in [2.24, 2.45) is 0 Å². The molecule has 1 aromatic carbocycles. The minimum Gasteiger partial charge on any atom is -0.341 e. The molecule has 1 aliphatic rings. The third-order valence-corrected chi connectivity index (χ3v) is 3.72. The molecule has 1 heterocycles. The van der Waals surface area contributed by atoms with E-state index in [2.05, 4.69) is 0 Å². The first-order valence-corrected chi connectivity index (χ1v) is 6.61. The fourth-order valence-corrected chi connectivity index (χ4v) is 2.64. The van der Waals surface area contributed by atoms with Crippen LogP contribution in [0.15, 0.2) is 18.2 Å². The summed E-state index contributed by atoms with van der Waals surface area (Å²) in [6, 6.07) is 5.36. The molecule has 1 saturated heterocycles. The van der Waals surface area contributed by atoms with E-state index < -0.39 is 0 Å². The molecule has 2 rings (SSSR count). The number of hydrogen-bond acceptors (Lipinski definition) is 1. The van der Waals surface area contributed by atoms with E-state index in [1.54, 1.807) is 17.0 Å². The van der Waals surface area contributed by atoms with Gasteiger partial charge in [0.15, 0.2) is 0 Å². The van der Waals surface area contributed by atoms with Gasteiger partial charge in [0.05, 0.1) is 5.38 Å². The molecular formula is C12H12Cl3NO. The van der Waals surface area contributed by atoms with Gasteiger partial charge in [-0.3, -0.25) is 4.79 Å². The summed E-state index contributed by atoms with van der Waals surface area (Å²) < 4.78 is 0. The predicted octanol–water partition coefficient (Wildman–Crippen LogP) is 3.38. The van der Waals surface area contributed by atoms with Crippen LogP contribution < -0.4 is 0 Å². The van der Waals surface area contributed by atoms with E-state index in [0.29, 0.717) is 36.0 Å². The molecule has 1 fully saturated rings. The predicted molar refractivity (Wildman–Crippen MR) is 71.0 cm³/mol. The van der Waals surface area contributed by atoms with E-state index >= 15 is 0 Å². The summed E-state index contributed by atoms with van der Waals surface area (Å²) in [4.78, 5) is 13.3. The standard InChI is InChI=1S/C12H12Cl3NO/c13-9-1-2-11(15)8(5-9)3-4-16-7-10(14)6-12(16)17/h1-2,5,10H,3-4,6-7H2. The van der Waals surface area contributed by atoms with Gasteiger partial charge in [0.1, 0.15) is 0 Å². The molecule has 0 radical (unpaired) electrons. The van der Waals surface area contributed by atoms with E-state index in [-0.39, 0.29) is 11.3 Å². The van der Waals surface area contributed by atoms with Crippen LogP contribution in [0.3, 0.4) is 0 Å². The quantitative estimate of drug-likeness (QED) is 0.782. The topological polar surface area (TPSA) is 20.3 Å². The van der Waals surface area contributed by atoms with Crippen molar-refractivity contribution in [3.8, 4) is 0 Å². The molecule has 1 amide bonds. The zero-order valence-electron chi connectivity index (χ0n) is 9.13. The average Bonchev–Trinajstić information content (AvgIpc) is 2.59. The molecule has 1 aliphatic heterocycles. The van der Waals surface area contributed by atoms with Crippen LogP contribution in [0.2, 0.25) is 10.0 Å². The molecule has 92 valence electrons. The fraction of sp³-hybridized carbons (Fsp3) is 0.417. The molecule has 1 aromatic rings. The van der Waals surface area contributed by atoms with Crippen LogP contribution in [0, 0.1) is 0 Å². The van der Waals surface area contributed by atoms with Crippen molar-refractivity contribution in [3.63, 3.8) is 0 Å². The van der Waals surface area contributed by atoms with Crippen molar-refractivity contribution < 1.29 is 4.79 Å². The van der Waals surface area contributed by atoms with Crippen molar-refractivity contribution in [1.82, 2.24) is 4.90 Å². The van der Waals surface area contributed by atoms with Crippen molar-refractivity contribution in [2.45, 2.75) is 18.2 Å². The third kappa shape index (κ3) is 3.27. The lowest BCUT2D eigenvalue weighted by Gasteiger charge is -2.16. The number of likely N-dealkylation sites (tertiary alicyclic amines) is 1. The van der Waals surface area contributed by atoms with Crippen molar-refractivity contribution >= 4 is 40.7 Å². The monoisotopic (exact) mass is 291 g/mol. The molecule has 17 heavy (non-hydrogen) atoms. The number of alkyl halides is 1. The number of carbonyl (C=O) groups is 1. The Balaban J connectivity index is 1.98. The highest BCUT2D eigenvalue weighted by Gasteiger charge is 2.27. The van der Waals surface area contributed by atoms with Crippen molar-refractivity contribution in [2.75, 3.05) is 13.1 Å². The van der Waals surface area contributed by atoms with Crippen LogP contribution in [0.5, 0.6) is 0 Å². The van der Waals surface area contributed by atoms with E-state index in [4.69, 9.17) is 34.8 Å². The van der Waals surface area contributed by atoms with Gasteiger partial charge in [0.2, 0.25) is 5.91 Å². The summed E-state index contributed by atoms with van der Waals surface area (Å²) >= 11 is 17.9. The number of nitrogens with zero attached hydrogens (tertiary/aromatic N) is 1. The smallest absolute Gasteiger partial charge is 0.224 e. The van der Waals surface area contributed by atoms with Gasteiger partial charge in [0.25, 0.3) is 0 Å². The Hall–Kier alpha value is -0.440. The first kappa shape index (κ1) is 13.0. The van der Waals surface area contributed by atoms with Crippen molar-refractivity contribution in [1.29, 1.82) is 0 Å². The van der Waals surface area contributed by atoms with Gasteiger partial charge in [-0.2, -0.15) is 0 Å². The first-order chi connectivity index (χ1) is 8.06. The van der Waals surface area contributed by atoms with Gasteiger partial charge in [-0.15, -0.1) is 11.6 Å². The second-order valence-corrected chi connectivity index (χ2v) is 5.59. The molecule has 0 bridgehead atoms. The highest BCUT2D eigenvalue weighted by molar-refractivity contribution is 6.33. The summed E-state index contributed by atoms with van der Waals surface area (Å²) in [6.45, 7) is 1.26. The van der Waals surface area contributed by atoms with Gasteiger partial charge in [0, 0.05) is 29.6 Å². The lowest BCUT2D eigenvalue weighted by Crippen LogP contribution is -2.27. The van der Waals surface area contributed by atoms with E-state index in [0.717, 1.165) is 5.56 Å². The lowest BCUT2D eigenvalue weighted by molar-refractivity contribution is -0.127. The maximum absolute atomic E-state index is 11.5. The van der Waals surface area contributed by atoms with Gasteiger partial charge >= 0.3 is 0 Å². The zero-order valence-corrected chi connectivity index (χ0v) is 11.4. The van der Waals surface area contributed by atoms with E-state index in [9.17, 15) is 4.79 Å². The molecule has 1 unspecified atom stereocenters. The number of carbonyl (C=O) groups excluding carboxylic acids is 1. The van der Waals surface area contributed by atoms with E-state index in [1.807, 2.05) is 6.07 Å². The highest BCUT2D eigenvalue weighted by Crippen LogP contribution is 2.22. The summed E-state index contributed by atoms with van der Waals surface area (Å²) in [7, 11) is 0. The maximum atomic E-state index is 11.5. The minimum atomic E-state index is -0.0580. The second kappa shape index (κ2) is 5.47. The largest absolute Gasteiger partial charge is 0.341 e. The maximum Gasteiger partial charge on any atom is 0.224 e. The summed E-state index contributed by atoms with van der Waals surface area (Å²) in [6.07, 6.45) is 1.14. The molecule has 0 aliphatic carbocycles. The number of rotatable bonds is 3. The number of hydrogen-bond donors (Lipinski definition) is 0. The molecule has 1 atom stereocenters. The normalized spacial score (nSPS) is 20.1. The summed E-state index contributed by atoms with van der Waals surface area (Å²) in [5.41, 5.74) is 0.963. The van der Waals surface area contributed by atoms with Crippen LogP contribution in [0.25, 0.3) is 0 Å². The second-order valence-electron chi connectivity index (χ2n) is 4.13. The van der Waals surface area contributed by atoms with Crippen LogP contribution in [-0.4, -0.2) is 29.3 Å². The van der Waals surface area contributed by atoms with Crippen LogP contribution in [-0.2, 0) is 11.2 Å². The minimum absolute atomic E-state index is 0.0580. The number of amides is 1. The Morgan fingerprint density at radius 1 is 1.35 bits per heavy atom. The van der Waals surface area contributed by atoms with Crippen molar-refractivity contribution in [3.05, 3.63) is 33.8 Å². The Labute approximate surface area is 115 Å². The average molecular weight is 293 g/mol. The number of benzene rings is 1. The lowest BCUT2D eigenvalue weighted by atomic mass is 10.1. The Bertz CT molecular complexity index is 436. The highest BCUT2D eigenvalue weighted by atomic mass is 35.5. The fourth-order valence-electron chi connectivity index (χ4n) is 1.93. The van der Waals surface area contributed by atoms with Gasteiger partial charge in [-0.1, -0.05) is 23.2 Å².